The predicted octanol–water partition coefficient (Wildman–Crippen LogP) is 0.713. The van der Waals surface area contributed by atoms with Crippen LogP contribution in [0.15, 0.2) is 11.3 Å². The maximum atomic E-state index is 11.8. The van der Waals surface area contributed by atoms with Gasteiger partial charge in [0.1, 0.15) is 4.75 Å². The topological polar surface area (TPSA) is 105 Å². The molecular weight excluding hydrogens is 284 g/mol. The quantitative estimate of drug-likeness (QED) is 0.624. The zero-order valence-electron chi connectivity index (χ0n) is 11.6. The average Bonchev–Trinajstić information content (AvgIpc) is 2.36. The second-order valence-electron chi connectivity index (χ2n) is 4.59. The van der Waals surface area contributed by atoms with E-state index in [0.29, 0.717) is 11.3 Å². The molecule has 1 heterocycles. The van der Waals surface area contributed by atoms with Crippen LogP contribution < -0.4 is 10.6 Å². The van der Waals surface area contributed by atoms with Crippen LogP contribution in [0.1, 0.15) is 20.8 Å². The Morgan fingerprint density at radius 1 is 1.45 bits per heavy atom. The van der Waals surface area contributed by atoms with Gasteiger partial charge in [0.05, 0.1) is 18.7 Å². The molecule has 0 aromatic heterocycles. The summed E-state index contributed by atoms with van der Waals surface area (Å²) in [6.45, 7) is 5.13. The number of carboxylic acid groups (broad SMARTS) is 1. The van der Waals surface area contributed by atoms with Crippen LogP contribution in [0.25, 0.3) is 0 Å². The van der Waals surface area contributed by atoms with Crippen molar-refractivity contribution in [3.05, 3.63) is 11.3 Å². The number of rotatable bonds is 6. The Balaban J connectivity index is 2.86. The van der Waals surface area contributed by atoms with E-state index in [-0.39, 0.29) is 18.9 Å². The van der Waals surface area contributed by atoms with Crippen LogP contribution in [0.4, 0.5) is 4.79 Å². The normalized spacial score (nSPS) is 15.4. The van der Waals surface area contributed by atoms with Crippen molar-refractivity contribution in [2.45, 2.75) is 25.5 Å². The molecule has 20 heavy (non-hydrogen) atoms. The third-order valence-corrected chi connectivity index (χ3v) is 4.00. The summed E-state index contributed by atoms with van der Waals surface area (Å²) in [6, 6.07) is -0.415. The molecule has 8 heteroatoms. The Kier molecular flexibility index (Phi) is 5.43. The van der Waals surface area contributed by atoms with Gasteiger partial charge in [-0.3, -0.25) is 4.79 Å². The van der Waals surface area contributed by atoms with E-state index < -0.39 is 22.7 Å². The number of carbonyl (C=O) groups excluding carboxylic acids is 2. The van der Waals surface area contributed by atoms with Crippen LogP contribution >= 0.6 is 11.8 Å². The van der Waals surface area contributed by atoms with E-state index >= 15 is 0 Å². The number of ether oxygens (including phenoxy) is 1. The number of urea groups is 1. The molecule has 3 N–H and O–H groups in total. The van der Waals surface area contributed by atoms with Gasteiger partial charge in [0.25, 0.3) is 0 Å². The molecule has 7 nitrogen and oxygen atoms in total. The molecule has 112 valence electrons. The number of hydrogen-bond acceptors (Lipinski definition) is 5. The van der Waals surface area contributed by atoms with Crippen molar-refractivity contribution in [3.8, 4) is 0 Å². The average molecular weight is 302 g/mol. The minimum Gasteiger partial charge on any atom is -0.480 e. The van der Waals surface area contributed by atoms with Gasteiger partial charge in [-0.05, 0) is 20.8 Å². The summed E-state index contributed by atoms with van der Waals surface area (Å²) in [5.74, 6) is -1.26. The number of carboxylic acids is 1. The van der Waals surface area contributed by atoms with Gasteiger partial charge in [0.2, 0.25) is 0 Å². The molecule has 0 aromatic carbocycles. The number of nitrogens with one attached hydrogen (secondary N) is 2. The van der Waals surface area contributed by atoms with Crippen molar-refractivity contribution in [2.75, 3.05) is 18.9 Å². The lowest BCUT2D eigenvalue weighted by Gasteiger charge is -2.24. The van der Waals surface area contributed by atoms with Gasteiger partial charge in [-0.2, -0.15) is 0 Å². The standard InChI is InChI=1S/C12H18N2O5S/c1-4-19-9(15)7-5-13-11(18)14-8(7)6-20-12(2,3)10(16)17/h4-6H2,1-3H3,(H,16,17)(H2,13,14,18). The SMILES string of the molecule is CCOC(=O)C1=C(CSC(C)(C)C(=O)O)NC(=O)NC1. The van der Waals surface area contributed by atoms with Crippen LogP contribution in [-0.2, 0) is 14.3 Å². The summed E-state index contributed by atoms with van der Waals surface area (Å²) in [4.78, 5) is 34.1. The van der Waals surface area contributed by atoms with Crippen LogP contribution in [0, 0.1) is 0 Å². The first-order chi connectivity index (χ1) is 9.27. The van der Waals surface area contributed by atoms with Crippen molar-refractivity contribution in [1.82, 2.24) is 10.6 Å². The fourth-order valence-electron chi connectivity index (χ4n) is 1.38. The van der Waals surface area contributed by atoms with Crippen molar-refractivity contribution < 1.29 is 24.2 Å². The van der Waals surface area contributed by atoms with Crippen molar-refractivity contribution >= 4 is 29.7 Å². The molecule has 2 amide bonds. The molecule has 1 rings (SSSR count). The largest absolute Gasteiger partial charge is 0.480 e. The number of carbonyl (C=O) groups is 3. The lowest BCUT2D eigenvalue weighted by atomic mass is 10.2. The van der Waals surface area contributed by atoms with Gasteiger partial charge < -0.3 is 20.5 Å². The predicted molar refractivity (Wildman–Crippen MR) is 74.4 cm³/mol. The second kappa shape index (κ2) is 6.65. The zero-order chi connectivity index (χ0) is 15.3. The molecule has 1 aliphatic rings. The highest BCUT2D eigenvalue weighted by molar-refractivity contribution is 8.01. The molecule has 0 aromatic rings. The van der Waals surface area contributed by atoms with Crippen LogP contribution in [-0.4, -0.2) is 46.7 Å². The highest BCUT2D eigenvalue weighted by Gasteiger charge is 2.30. The first-order valence-electron chi connectivity index (χ1n) is 6.09. The Labute approximate surface area is 121 Å². The fourth-order valence-corrected chi connectivity index (χ4v) is 2.26. The second-order valence-corrected chi connectivity index (χ2v) is 6.19. The summed E-state index contributed by atoms with van der Waals surface area (Å²) in [6.07, 6.45) is 0. The lowest BCUT2D eigenvalue weighted by molar-refractivity contribution is -0.139. The molecule has 0 bridgehead atoms. The summed E-state index contributed by atoms with van der Waals surface area (Å²) < 4.78 is 3.90. The highest BCUT2D eigenvalue weighted by Crippen LogP contribution is 2.27. The summed E-state index contributed by atoms with van der Waals surface area (Å²) in [5, 5.41) is 14.1. The Morgan fingerprint density at radius 2 is 2.10 bits per heavy atom. The molecular formula is C12H18N2O5S. The van der Waals surface area contributed by atoms with Gasteiger partial charge in [-0.1, -0.05) is 0 Å². The molecule has 0 unspecified atom stereocenters. The molecule has 0 saturated carbocycles. The lowest BCUT2D eigenvalue weighted by Crippen LogP contribution is -2.45. The van der Waals surface area contributed by atoms with Crippen molar-refractivity contribution in [1.29, 1.82) is 0 Å². The first-order valence-corrected chi connectivity index (χ1v) is 7.07. The number of esters is 1. The van der Waals surface area contributed by atoms with E-state index in [1.165, 1.54) is 0 Å². The molecule has 0 atom stereocenters. The Hall–Kier alpha value is -1.70. The van der Waals surface area contributed by atoms with Gasteiger partial charge >= 0.3 is 18.0 Å². The molecule has 0 radical (unpaired) electrons. The van der Waals surface area contributed by atoms with Crippen molar-refractivity contribution in [2.24, 2.45) is 0 Å². The third kappa shape index (κ3) is 4.16. The van der Waals surface area contributed by atoms with Gasteiger partial charge in [0.15, 0.2) is 0 Å². The smallest absolute Gasteiger partial charge is 0.337 e. The maximum Gasteiger partial charge on any atom is 0.337 e. The van der Waals surface area contributed by atoms with Gasteiger partial charge in [-0.15, -0.1) is 11.8 Å². The Bertz CT molecular complexity index is 459. The van der Waals surface area contributed by atoms with E-state index in [1.807, 2.05) is 0 Å². The molecule has 0 saturated heterocycles. The minimum absolute atomic E-state index is 0.0774. The number of thioether (sulfide) groups is 1. The summed E-state index contributed by atoms with van der Waals surface area (Å²) in [5.41, 5.74) is 0.715. The van der Waals surface area contributed by atoms with Crippen LogP contribution in [0.3, 0.4) is 0 Å². The summed E-state index contributed by atoms with van der Waals surface area (Å²) >= 11 is 1.13. The first kappa shape index (κ1) is 16.4. The van der Waals surface area contributed by atoms with Crippen LogP contribution in [0.5, 0.6) is 0 Å². The molecule has 1 aliphatic heterocycles. The monoisotopic (exact) mass is 302 g/mol. The van der Waals surface area contributed by atoms with Gasteiger partial charge in [0, 0.05) is 11.4 Å². The third-order valence-electron chi connectivity index (χ3n) is 2.67. The van der Waals surface area contributed by atoms with E-state index in [0.717, 1.165) is 11.8 Å². The van der Waals surface area contributed by atoms with Crippen LogP contribution in [0.2, 0.25) is 0 Å². The van der Waals surface area contributed by atoms with E-state index in [9.17, 15) is 14.4 Å². The Morgan fingerprint density at radius 3 is 2.65 bits per heavy atom. The van der Waals surface area contributed by atoms with E-state index in [4.69, 9.17) is 9.84 Å². The molecule has 0 fully saturated rings. The zero-order valence-corrected chi connectivity index (χ0v) is 12.4. The molecule has 0 spiro atoms. The van der Waals surface area contributed by atoms with E-state index in [2.05, 4.69) is 10.6 Å². The molecule has 0 aliphatic carbocycles. The number of amides is 2. The van der Waals surface area contributed by atoms with E-state index in [1.54, 1.807) is 20.8 Å². The highest BCUT2D eigenvalue weighted by atomic mass is 32.2. The van der Waals surface area contributed by atoms with Crippen molar-refractivity contribution in [3.63, 3.8) is 0 Å². The number of hydrogen-bond donors (Lipinski definition) is 3. The summed E-state index contributed by atoms with van der Waals surface area (Å²) in [7, 11) is 0. The fraction of sp³-hybridized carbons (Fsp3) is 0.583. The maximum absolute atomic E-state index is 11.8. The van der Waals surface area contributed by atoms with Gasteiger partial charge in [-0.25, -0.2) is 9.59 Å². The minimum atomic E-state index is -1.01. The number of aliphatic carboxylic acids is 1.